The van der Waals surface area contributed by atoms with Crippen LogP contribution in [0.2, 0.25) is 0 Å². The molecule has 0 amide bonds. The summed E-state index contributed by atoms with van der Waals surface area (Å²) in [6.45, 7) is 2.04. The van der Waals surface area contributed by atoms with E-state index in [1.807, 2.05) is 6.07 Å². The summed E-state index contributed by atoms with van der Waals surface area (Å²) in [5, 5.41) is 6.28. The summed E-state index contributed by atoms with van der Waals surface area (Å²) in [6.07, 6.45) is -2.50. The van der Waals surface area contributed by atoms with Crippen molar-refractivity contribution in [2.75, 3.05) is 13.7 Å². The molecule has 0 aliphatic heterocycles. The molecule has 2 aromatic rings. The van der Waals surface area contributed by atoms with E-state index in [0.717, 1.165) is 11.1 Å². The van der Waals surface area contributed by atoms with Crippen molar-refractivity contribution < 1.29 is 17.9 Å². The van der Waals surface area contributed by atoms with E-state index in [-0.39, 0.29) is 29.8 Å². The molecule has 0 saturated heterocycles. The third-order valence-electron chi connectivity index (χ3n) is 3.64. The minimum absolute atomic E-state index is 0. The Hall–Kier alpha value is -1.97. The molecule has 8 heteroatoms. The standard InChI is InChI=1S/C19H22F3N3O.HI/c1-13-8-15(6-7-17(13)20)11-25-19(23-2)24-10-14-4-3-5-16(9-14)26-12-18(21)22;/h3-9,18H,10-12H2,1-2H3,(H2,23,24,25);1H. The predicted molar refractivity (Wildman–Crippen MR) is 112 cm³/mol. The van der Waals surface area contributed by atoms with Crippen LogP contribution < -0.4 is 15.4 Å². The zero-order valence-electron chi connectivity index (χ0n) is 15.1. The van der Waals surface area contributed by atoms with Crippen LogP contribution in [-0.4, -0.2) is 26.0 Å². The highest BCUT2D eigenvalue weighted by molar-refractivity contribution is 14.0. The van der Waals surface area contributed by atoms with E-state index in [4.69, 9.17) is 4.74 Å². The summed E-state index contributed by atoms with van der Waals surface area (Å²) in [6, 6.07) is 11.9. The van der Waals surface area contributed by atoms with Crippen LogP contribution in [-0.2, 0) is 13.1 Å². The molecule has 27 heavy (non-hydrogen) atoms. The lowest BCUT2D eigenvalue weighted by Gasteiger charge is -2.13. The number of hydrogen-bond acceptors (Lipinski definition) is 2. The van der Waals surface area contributed by atoms with Gasteiger partial charge in [-0.1, -0.05) is 24.3 Å². The van der Waals surface area contributed by atoms with Crippen LogP contribution in [0.1, 0.15) is 16.7 Å². The van der Waals surface area contributed by atoms with Gasteiger partial charge in [-0.2, -0.15) is 0 Å². The zero-order chi connectivity index (χ0) is 18.9. The second-order valence-electron chi connectivity index (χ2n) is 5.71. The molecule has 0 heterocycles. The molecule has 2 aromatic carbocycles. The van der Waals surface area contributed by atoms with Gasteiger partial charge in [0.05, 0.1) is 0 Å². The first-order valence-electron chi connectivity index (χ1n) is 8.17. The molecular formula is C19H23F3IN3O. The number of ether oxygens (including phenoxy) is 1. The molecule has 0 fully saturated rings. The van der Waals surface area contributed by atoms with Gasteiger partial charge in [-0.25, -0.2) is 13.2 Å². The molecule has 0 bridgehead atoms. The normalized spacial score (nSPS) is 11.1. The SMILES string of the molecule is CN=C(NCc1cccc(OCC(F)F)c1)NCc1ccc(F)c(C)c1.I. The van der Waals surface area contributed by atoms with Crippen molar-refractivity contribution in [3.63, 3.8) is 0 Å². The van der Waals surface area contributed by atoms with Crippen LogP contribution in [0.15, 0.2) is 47.5 Å². The van der Waals surface area contributed by atoms with E-state index in [1.165, 1.54) is 6.07 Å². The second kappa shape index (κ2) is 11.7. The van der Waals surface area contributed by atoms with Crippen molar-refractivity contribution >= 4 is 29.9 Å². The van der Waals surface area contributed by atoms with Gasteiger partial charge in [0.1, 0.15) is 18.2 Å². The van der Waals surface area contributed by atoms with E-state index < -0.39 is 13.0 Å². The summed E-state index contributed by atoms with van der Waals surface area (Å²) in [7, 11) is 1.65. The maximum absolute atomic E-state index is 13.3. The molecule has 0 aliphatic rings. The fourth-order valence-corrected chi connectivity index (χ4v) is 2.31. The van der Waals surface area contributed by atoms with E-state index in [9.17, 15) is 13.2 Å². The van der Waals surface area contributed by atoms with Crippen LogP contribution in [0.5, 0.6) is 5.75 Å². The van der Waals surface area contributed by atoms with Gasteiger partial charge in [0.2, 0.25) is 0 Å². The smallest absolute Gasteiger partial charge is 0.272 e. The van der Waals surface area contributed by atoms with Crippen LogP contribution in [0, 0.1) is 12.7 Å². The van der Waals surface area contributed by atoms with Gasteiger partial charge in [0.15, 0.2) is 5.96 Å². The number of aryl methyl sites for hydroxylation is 1. The number of aliphatic imine (C=N–C) groups is 1. The number of alkyl halides is 2. The average Bonchev–Trinajstić information content (AvgIpc) is 2.63. The molecule has 0 radical (unpaired) electrons. The van der Waals surface area contributed by atoms with Crippen molar-refractivity contribution in [1.82, 2.24) is 10.6 Å². The molecule has 2 N–H and O–H groups in total. The van der Waals surface area contributed by atoms with Crippen LogP contribution in [0.3, 0.4) is 0 Å². The van der Waals surface area contributed by atoms with E-state index in [0.29, 0.717) is 30.4 Å². The minimum atomic E-state index is -2.50. The highest BCUT2D eigenvalue weighted by Gasteiger charge is 2.05. The van der Waals surface area contributed by atoms with E-state index in [2.05, 4.69) is 15.6 Å². The molecule has 0 unspecified atom stereocenters. The molecule has 0 spiro atoms. The number of halogens is 4. The van der Waals surface area contributed by atoms with E-state index in [1.54, 1.807) is 44.3 Å². The molecule has 0 saturated carbocycles. The number of hydrogen-bond donors (Lipinski definition) is 2. The minimum Gasteiger partial charge on any atom is -0.488 e. The average molecular weight is 493 g/mol. The molecule has 4 nitrogen and oxygen atoms in total. The summed E-state index contributed by atoms with van der Waals surface area (Å²) in [4.78, 5) is 4.13. The maximum Gasteiger partial charge on any atom is 0.272 e. The Labute approximate surface area is 174 Å². The van der Waals surface area contributed by atoms with Crippen LogP contribution in [0.4, 0.5) is 13.2 Å². The fourth-order valence-electron chi connectivity index (χ4n) is 2.31. The number of benzene rings is 2. The molecule has 148 valence electrons. The Bertz CT molecular complexity index is 757. The van der Waals surface area contributed by atoms with Crippen molar-refractivity contribution in [2.45, 2.75) is 26.4 Å². The first-order valence-corrected chi connectivity index (χ1v) is 8.17. The Morgan fingerprint density at radius 1 is 1.07 bits per heavy atom. The fraction of sp³-hybridized carbons (Fsp3) is 0.316. The van der Waals surface area contributed by atoms with Crippen molar-refractivity contribution in [1.29, 1.82) is 0 Å². The van der Waals surface area contributed by atoms with Gasteiger partial charge in [0.25, 0.3) is 6.43 Å². The van der Waals surface area contributed by atoms with Gasteiger partial charge in [-0.05, 0) is 41.8 Å². The summed E-state index contributed by atoms with van der Waals surface area (Å²) in [5.41, 5.74) is 2.40. The number of nitrogens with zero attached hydrogens (tertiary/aromatic N) is 1. The summed E-state index contributed by atoms with van der Waals surface area (Å²) >= 11 is 0. The number of guanidine groups is 1. The Morgan fingerprint density at radius 2 is 1.74 bits per heavy atom. The second-order valence-corrected chi connectivity index (χ2v) is 5.71. The Balaban J connectivity index is 0.00000364. The van der Waals surface area contributed by atoms with Crippen molar-refractivity contribution in [2.24, 2.45) is 4.99 Å². The molecule has 0 atom stereocenters. The van der Waals surface area contributed by atoms with Gasteiger partial charge in [-0.3, -0.25) is 4.99 Å². The highest BCUT2D eigenvalue weighted by Crippen LogP contribution is 2.14. The van der Waals surface area contributed by atoms with Crippen LogP contribution >= 0.6 is 24.0 Å². The Morgan fingerprint density at radius 3 is 2.33 bits per heavy atom. The van der Waals surface area contributed by atoms with Crippen molar-refractivity contribution in [3.05, 3.63) is 65.0 Å². The van der Waals surface area contributed by atoms with Crippen molar-refractivity contribution in [3.8, 4) is 5.75 Å². The monoisotopic (exact) mass is 493 g/mol. The molecule has 0 aromatic heterocycles. The Kier molecular flexibility index (Phi) is 9.98. The first-order chi connectivity index (χ1) is 12.5. The first kappa shape index (κ1) is 23.1. The van der Waals surface area contributed by atoms with Gasteiger partial charge < -0.3 is 15.4 Å². The zero-order valence-corrected chi connectivity index (χ0v) is 17.5. The van der Waals surface area contributed by atoms with Crippen LogP contribution in [0.25, 0.3) is 0 Å². The van der Waals surface area contributed by atoms with Gasteiger partial charge in [0, 0.05) is 20.1 Å². The molecular weight excluding hydrogens is 470 g/mol. The lowest BCUT2D eigenvalue weighted by Crippen LogP contribution is -2.36. The molecule has 2 rings (SSSR count). The largest absolute Gasteiger partial charge is 0.488 e. The van der Waals surface area contributed by atoms with Gasteiger partial charge in [-0.15, -0.1) is 24.0 Å². The topological polar surface area (TPSA) is 45.7 Å². The summed E-state index contributed by atoms with van der Waals surface area (Å²) in [5.74, 6) is 0.741. The van der Waals surface area contributed by atoms with Gasteiger partial charge >= 0.3 is 0 Å². The molecule has 0 aliphatic carbocycles. The third kappa shape index (κ3) is 8.06. The number of nitrogens with one attached hydrogen (secondary N) is 2. The maximum atomic E-state index is 13.3. The van der Waals surface area contributed by atoms with E-state index >= 15 is 0 Å². The predicted octanol–water partition coefficient (Wildman–Crippen LogP) is 4.26. The number of rotatable bonds is 7. The summed E-state index contributed by atoms with van der Waals surface area (Å²) < 4.78 is 42.7. The highest BCUT2D eigenvalue weighted by atomic mass is 127. The lowest BCUT2D eigenvalue weighted by atomic mass is 10.1. The lowest BCUT2D eigenvalue weighted by molar-refractivity contribution is 0.0818. The third-order valence-corrected chi connectivity index (χ3v) is 3.64. The quantitative estimate of drug-likeness (QED) is 0.344.